The number of rotatable bonds is 2. The molecule has 0 aliphatic carbocycles. The molecule has 0 spiro atoms. The Morgan fingerprint density at radius 1 is 1.14 bits per heavy atom. The summed E-state index contributed by atoms with van der Waals surface area (Å²) in [4.78, 5) is 4.36. The van der Waals surface area contributed by atoms with Crippen LogP contribution in [0.5, 0.6) is 0 Å². The Morgan fingerprint density at radius 3 is 2.73 bits per heavy atom. The molecule has 112 valence electrons. The summed E-state index contributed by atoms with van der Waals surface area (Å²) in [5.41, 5.74) is 2.90. The average Bonchev–Trinajstić information content (AvgIpc) is 2.93. The molecular formula is C18H18N2OS. The smallest absolute Gasteiger partial charge is 0.136 e. The second kappa shape index (κ2) is 5.16. The van der Waals surface area contributed by atoms with E-state index in [0.717, 1.165) is 34.6 Å². The lowest BCUT2D eigenvalue weighted by Crippen LogP contribution is -2.51. The van der Waals surface area contributed by atoms with Crippen molar-refractivity contribution in [2.45, 2.75) is 12.5 Å². The average molecular weight is 310 g/mol. The topological polar surface area (TPSA) is 37.0 Å². The van der Waals surface area contributed by atoms with Gasteiger partial charge in [-0.2, -0.15) is 0 Å². The van der Waals surface area contributed by atoms with Crippen LogP contribution in [0.4, 0.5) is 0 Å². The highest BCUT2D eigenvalue weighted by Crippen LogP contribution is 2.33. The lowest BCUT2D eigenvalue weighted by molar-refractivity contribution is -0.0177. The summed E-state index contributed by atoms with van der Waals surface area (Å²) in [7, 11) is 0. The molecule has 0 radical (unpaired) electrons. The largest absolute Gasteiger partial charge is 0.362 e. The molecule has 1 aliphatic rings. The quantitative estimate of drug-likeness (QED) is 0.711. The van der Waals surface area contributed by atoms with Crippen LogP contribution in [0.2, 0.25) is 0 Å². The van der Waals surface area contributed by atoms with Gasteiger partial charge in [-0.3, -0.25) is 0 Å². The molecule has 3 aromatic rings. The highest BCUT2D eigenvalue weighted by Gasteiger charge is 2.37. The molecule has 1 atom stereocenters. The Bertz CT molecular complexity index is 862. The van der Waals surface area contributed by atoms with Crippen molar-refractivity contribution in [3.05, 3.63) is 48.0 Å². The Hall–Kier alpha value is -1.75. The van der Waals surface area contributed by atoms with Crippen LogP contribution >= 0.6 is 12.2 Å². The zero-order valence-corrected chi connectivity index (χ0v) is 13.3. The third-order valence-electron chi connectivity index (χ3n) is 4.54. The highest BCUT2D eigenvalue weighted by molar-refractivity contribution is 7.80. The fourth-order valence-electron chi connectivity index (χ4n) is 3.33. The predicted octanol–water partition coefficient (Wildman–Crippen LogP) is 3.53. The van der Waals surface area contributed by atoms with Crippen molar-refractivity contribution < 1.29 is 4.74 Å². The summed E-state index contributed by atoms with van der Waals surface area (Å²) < 4.78 is 6.12. The van der Waals surface area contributed by atoms with Gasteiger partial charge in [-0.15, -0.1) is 0 Å². The van der Waals surface area contributed by atoms with Crippen molar-refractivity contribution >= 4 is 38.9 Å². The Kier molecular flexibility index (Phi) is 3.26. The van der Waals surface area contributed by atoms with E-state index in [4.69, 9.17) is 17.0 Å². The lowest BCUT2D eigenvalue weighted by atomic mass is 9.89. The Balaban J connectivity index is 1.91. The minimum absolute atomic E-state index is 0.501. The number of hydrogen-bond donors (Lipinski definition) is 2. The number of fused-ring (bicyclic) bond motifs is 3. The third-order valence-corrected chi connectivity index (χ3v) is 4.87. The first-order valence-electron chi connectivity index (χ1n) is 7.57. The lowest BCUT2D eigenvalue weighted by Gasteiger charge is -2.37. The SMILES string of the molecule is CC(=S)C1(c2ccc3c(c2)[nH]c2ccccc23)CNCCO1. The van der Waals surface area contributed by atoms with Crippen LogP contribution in [0.1, 0.15) is 12.5 Å². The summed E-state index contributed by atoms with van der Waals surface area (Å²) >= 11 is 5.52. The second-order valence-electron chi connectivity index (χ2n) is 5.84. The number of benzene rings is 2. The standard InChI is InChI=1S/C18H18N2OS/c1-12(22)18(11-19-8-9-21-18)13-6-7-15-14-4-2-3-5-16(14)20-17(15)10-13/h2-7,10,19-20H,8-9,11H2,1H3. The third kappa shape index (κ3) is 1.99. The zero-order chi connectivity index (χ0) is 15.2. The maximum absolute atomic E-state index is 6.12. The molecule has 1 fully saturated rings. The maximum Gasteiger partial charge on any atom is 0.136 e. The number of ether oxygens (including phenoxy) is 1. The minimum Gasteiger partial charge on any atom is -0.362 e. The van der Waals surface area contributed by atoms with Gasteiger partial charge in [0, 0.05) is 39.8 Å². The number of aromatic nitrogens is 1. The summed E-state index contributed by atoms with van der Waals surface area (Å²) in [5, 5.41) is 5.89. The number of morpholine rings is 1. The predicted molar refractivity (Wildman–Crippen MR) is 94.6 cm³/mol. The molecule has 4 heteroatoms. The second-order valence-corrected chi connectivity index (χ2v) is 6.45. The minimum atomic E-state index is -0.501. The first kappa shape index (κ1) is 13.9. The van der Waals surface area contributed by atoms with Gasteiger partial charge < -0.3 is 15.0 Å². The van der Waals surface area contributed by atoms with Crippen molar-refractivity contribution in [2.24, 2.45) is 0 Å². The van der Waals surface area contributed by atoms with Crippen LogP contribution in [-0.2, 0) is 10.3 Å². The van der Waals surface area contributed by atoms with Gasteiger partial charge in [0.05, 0.1) is 6.61 Å². The number of H-pyrrole nitrogens is 1. The first-order chi connectivity index (χ1) is 10.7. The van der Waals surface area contributed by atoms with Crippen LogP contribution in [-0.4, -0.2) is 29.5 Å². The van der Waals surface area contributed by atoms with E-state index in [2.05, 4.69) is 52.8 Å². The number of aromatic amines is 1. The van der Waals surface area contributed by atoms with Gasteiger partial charge in [0.1, 0.15) is 5.60 Å². The Morgan fingerprint density at radius 2 is 1.95 bits per heavy atom. The summed E-state index contributed by atoms with van der Waals surface area (Å²) in [5.74, 6) is 0. The van der Waals surface area contributed by atoms with Gasteiger partial charge in [0.2, 0.25) is 0 Å². The van der Waals surface area contributed by atoms with E-state index in [9.17, 15) is 0 Å². The van der Waals surface area contributed by atoms with Gasteiger partial charge in [-0.25, -0.2) is 0 Å². The zero-order valence-electron chi connectivity index (χ0n) is 12.5. The van der Waals surface area contributed by atoms with Crippen molar-refractivity contribution in [2.75, 3.05) is 19.7 Å². The number of para-hydroxylation sites is 1. The van der Waals surface area contributed by atoms with Gasteiger partial charge in [-0.1, -0.05) is 42.5 Å². The van der Waals surface area contributed by atoms with E-state index in [-0.39, 0.29) is 0 Å². The molecule has 4 rings (SSSR count). The molecule has 0 amide bonds. The van der Waals surface area contributed by atoms with Crippen LogP contribution < -0.4 is 5.32 Å². The van der Waals surface area contributed by atoms with Crippen LogP contribution in [0, 0.1) is 0 Å². The van der Waals surface area contributed by atoms with E-state index < -0.39 is 5.60 Å². The van der Waals surface area contributed by atoms with Gasteiger partial charge >= 0.3 is 0 Å². The van der Waals surface area contributed by atoms with Crippen LogP contribution in [0.25, 0.3) is 21.8 Å². The molecule has 2 N–H and O–H groups in total. The number of nitrogens with one attached hydrogen (secondary N) is 2. The molecule has 1 aromatic heterocycles. The van der Waals surface area contributed by atoms with Gasteiger partial charge in [0.15, 0.2) is 0 Å². The van der Waals surface area contributed by atoms with Crippen LogP contribution in [0.3, 0.4) is 0 Å². The van der Waals surface area contributed by atoms with Gasteiger partial charge in [-0.05, 0) is 24.6 Å². The normalized spacial score (nSPS) is 22.2. The molecule has 1 saturated heterocycles. The summed E-state index contributed by atoms with van der Waals surface area (Å²) in [6.45, 7) is 4.25. The molecule has 3 nitrogen and oxygen atoms in total. The van der Waals surface area contributed by atoms with Crippen molar-refractivity contribution in [1.29, 1.82) is 0 Å². The fourth-order valence-corrected chi connectivity index (χ4v) is 3.58. The van der Waals surface area contributed by atoms with E-state index in [0.29, 0.717) is 6.61 Å². The molecule has 0 bridgehead atoms. The number of hydrogen-bond acceptors (Lipinski definition) is 3. The molecule has 0 saturated carbocycles. The van der Waals surface area contributed by atoms with E-state index in [1.807, 2.05) is 6.92 Å². The molecule has 2 aromatic carbocycles. The highest BCUT2D eigenvalue weighted by atomic mass is 32.1. The first-order valence-corrected chi connectivity index (χ1v) is 7.98. The van der Waals surface area contributed by atoms with E-state index in [1.54, 1.807) is 0 Å². The van der Waals surface area contributed by atoms with Crippen LogP contribution in [0.15, 0.2) is 42.5 Å². The van der Waals surface area contributed by atoms with Crippen molar-refractivity contribution in [3.8, 4) is 0 Å². The Labute approximate surface area is 134 Å². The van der Waals surface area contributed by atoms with Crippen molar-refractivity contribution in [3.63, 3.8) is 0 Å². The fraction of sp³-hybridized carbons (Fsp3) is 0.278. The van der Waals surface area contributed by atoms with E-state index >= 15 is 0 Å². The molecule has 1 unspecified atom stereocenters. The monoisotopic (exact) mass is 310 g/mol. The van der Waals surface area contributed by atoms with Gasteiger partial charge in [0.25, 0.3) is 0 Å². The summed E-state index contributed by atoms with van der Waals surface area (Å²) in [6, 6.07) is 14.9. The molecule has 22 heavy (non-hydrogen) atoms. The molecular weight excluding hydrogens is 292 g/mol. The maximum atomic E-state index is 6.12. The number of thiocarbonyl (C=S) groups is 1. The van der Waals surface area contributed by atoms with E-state index in [1.165, 1.54) is 10.8 Å². The molecule has 2 heterocycles. The summed E-state index contributed by atoms with van der Waals surface area (Å²) in [6.07, 6.45) is 0. The molecule has 1 aliphatic heterocycles. The van der Waals surface area contributed by atoms with Crippen molar-refractivity contribution in [1.82, 2.24) is 10.3 Å².